The average Bonchev–Trinajstić information content (AvgIpc) is 2.35. The maximum atomic E-state index is 6.05. The molecule has 0 aliphatic rings. The van der Waals surface area contributed by atoms with Crippen LogP contribution in [0, 0.1) is 0 Å². The zero-order chi connectivity index (χ0) is 17.4. The lowest BCUT2D eigenvalue weighted by atomic mass is 9.82. The van der Waals surface area contributed by atoms with E-state index in [0.717, 1.165) is 22.6 Å². The van der Waals surface area contributed by atoms with Gasteiger partial charge in [0.1, 0.15) is 27.2 Å². The lowest BCUT2D eigenvalue weighted by Gasteiger charge is -2.22. The molecular formula is C20H24B2O. The fourth-order valence-corrected chi connectivity index (χ4v) is 2.36. The molecule has 1 nitrogen and oxygen atoms in total. The van der Waals surface area contributed by atoms with E-state index in [1.807, 2.05) is 36.4 Å². The Labute approximate surface area is 143 Å². The van der Waals surface area contributed by atoms with Crippen LogP contribution in [0.3, 0.4) is 0 Å². The summed E-state index contributed by atoms with van der Waals surface area (Å²) in [4.78, 5) is 0. The van der Waals surface area contributed by atoms with Crippen molar-refractivity contribution in [2.45, 2.75) is 52.4 Å². The van der Waals surface area contributed by atoms with E-state index in [4.69, 9.17) is 20.4 Å². The summed E-state index contributed by atoms with van der Waals surface area (Å²) in [5, 5.41) is 0. The molecular weight excluding hydrogens is 278 g/mol. The average molecular weight is 302 g/mol. The molecule has 3 heteroatoms. The van der Waals surface area contributed by atoms with Crippen LogP contribution < -0.4 is 15.7 Å². The van der Waals surface area contributed by atoms with Crippen LogP contribution in [0.15, 0.2) is 36.4 Å². The third-order valence-electron chi connectivity index (χ3n) is 3.83. The summed E-state index contributed by atoms with van der Waals surface area (Å²) in [7, 11) is 12.1. The summed E-state index contributed by atoms with van der Waals surface area (Å²) < 4.78 is 6.05. The highest BCUT2D eigenvalue weighted by atomic mass is 16.5. The number of rotatable bonds is 2. The van der Waals surface area contributed by atoms with Gasteiger partial charge in [0.2, 0.25) is 0 Å². The maximum absolute atomic E-state index is 6.05. The van der Waals surface area contributed by atoms with Crippen LogP contribution in [0.2, 0.25) is 0 Å². The van der Waals surface area contributed by atoms with Gasteiger partial charge in [-0.3, -0.25) is 0 Å². The van der Waals surface area contributed by atoms with Crippen molar-refractivity contribution >= 4 is 26.6 Å². The Morgan fingerprint density at radius 3 is 1.26 bits per heavy atom. The molecule has 0 aliphatic heterocycles. The topological polar surface area (TPSA) is 9.23 Å². The third kappa shape index (κ3) is 4.67. The second kappa shape index (κ2) is 6.11. The van der Waals surface area contributed by atoms with Gasteiger partial charge in [0.25, 0.3) is 0 Å². The van der Waals surface area contributed by atoms with Crippen molar-refractivity contribution < 1.29 is 4.74 Å². The molecule has 2 aromatic rings. The highest BCUT2D eigenvalue weighted by Crippen LogP contribution is 2.30. The SMILES string of the molecule is [B]c1cc(Oc2cc([B])cc(C(C)(C)C)c2)cc(C(C)(C)C)c1. The summed E-state index contributed by atoms with van der Waals surface area (Å²) in [5.74, 6) is 1.47. The third-order valence-corrected chi connectivity index (χ3v) is 3.83. The molecule has 0 aromatic heterocycles. The van der Waals surface area contributed by atoms with Crippen LogP contribution in [-0.4, -0.2) is 15.7 Å². The van der Waals surface area contributed by atoms with Crippen LogP contribution in [-0.2, 0) is 10.8 Å². The first kappa shape index (κ1) is 17.7. The van der Waals surface area contributed by atoms with E-state index < -0.39 is 0 Å². The summed E-state index contributed by atoms with van der Waals surface area (Å²) >= 11 is 0. The van der Waals surface area contributed by atoms with Gasteiger partial charge in [0, 0.05) is 0 Å². The maximum Gasteiger partial charge on any atom is 0.127 e. The summed E-state index contributed by atoms with van der Waals surface area (Å²) in [6, 6.07) is 11.7. The second-order valence-electron chi connectivity index (χ2n) is 8.18. The molecule has 0 amide bonds. The minimum Gasteiger partial charge on any atom is -0.457 e. The predicted octanol–water partition coefficient (Wildman–Crippen LogP) is 3.66. The first-order chi connectivity index (χ1) is 10.4. The van der Waals surface area contributed by atoms with Crippen molar-refractivity contribution in [3.8, 4) is 11.5 Å². The molecule has 0 aliphatic carbocycles. The Kier molecular flexibility index (Phi) is 4.71. The van der Waals surface area contributed by atoms with E-state index >= 15 is 0 Å². The molecule has 2 rings (SSSR count). The van der Waals surface area contributed by atoms with Gasteiger partial charge >= 0.3 is 0 Å². The molecule has 0 heterocycles. The molecule has 0 unspecified atom stereocenters. The van der Waals surface area contributed by atoms with Gasteiger partial charge in [-0.2, -0.15) is 0 Å². The Morgan fingerprint density at radius 2 is 0.957 bits per heavy atom. The van der Waals surface area contributed by atoms with Gasteiger partial charge in [-0.05, 0) is 46.2 Å². The van der Waals surface area contributed by atoms with Crippen molar-refractivity contribution in [3.63, 3.8) is 0 Å². The Morgan fingerprint density at radius 1 is 0.609 bits per heavy atom. The minimum atomic E-state index is 0.0137. The normalized spacial score (nSPS) is 12.3. The van der Waals surface area contributed by atoms with Crippen molar-refractivity contribution in [2.24, 2.45) is 0 Å². The van der Waals surface area contributed by atoms with E-state index in [1.54, 1.807) is 0 Å². The summed E-state index contributed by atoms with van der Waals surface area (Å²) in [5.41, 5.74) is 3.72. The summed E-state index contributed by atoms with van der Waals surface area (Å²) in [6.07, 6.45) is 0. The zero-order valence-electron chi connectivity index (χ0n) is 15.0. The molecule has 0 fully saturated rings. The van der Waals surface area contributed by atoms with Crippen LogP contribution in [0.4, 0.5) is 0 Å². The number of hydrogen-bond acceptors (Lipinski definition) is 1. The van der Waals surface area contributed by atoms with E-state index in [1.165, 1.54) is 0 Å². The van der Waals surface area contributed by atoms with Crippen LogP contribution in [0.25, 0.3) is 0 Å². The fourth-order valence-electron chi connectivity index (χ4n) is 2.36. The van der Waals surface area contributed by atoms with Crippen LogP contribution in [0.5, 0.6) is 11.5 Å². The van der Waals surface area contributed by atoms with Crippen molar-refractivity contribution in [2.75, 3.05) is 0 Å². The largest absolute Gasteiger partial charge is 0.457 e. The highest BCUT2D eigenvalue weighted by Gasteiger charge is 2.17. The standard InChI is InChI=1S/C20H24B2O/c1-19(2,3)13-7-15(21)11-17(9-13)23-18-10-14(20(4,5)6)8-16(22)12-18/h7-12H,1-6H3. The van der Waals surface area contributed by atoms with Gasteiger partial charge in [-0.25, -0.2) is 0 Å². The van der Waals surface area contributed by atoms with Gasteiger partial charge in [0.05, 0.1) is 0 Å². The number of benzene rings is 2. The molecule has 0 saturated carbocycles. The molecule has 4 radical (unpaired) electrons. The van der Waals surface area contributed by atoms with Crippen molar-refractivity contribution in [1.29, 1.82) is 0 Å². The van der Waals surface area contributed by atoms with Gasteiger partial charge in [0.15, 0.2) is 0 Å². The zero-order valence-corrected chi connectivity index (χ0v) is 15.0. The molecule has 23 heavy (non-hydrogen) atoms. The Hall–Kier alpha value is -1.63. The van der Waals surface area contributed by atoms with Gasteiger partial charge in [-0.15, -0.1) is 0 Å². The molecule has 0 N–H and O–H groups in total. The van der Waals surface area contributed by atoms with Crippen molar-refractivity contribution in [1.82, 2.24) is 0 Å². The van der Waals surface area contributed by atoms with Crippen LogP contribution >= 0.6 is 0 Å². The smallest absolute Gasteiger partial charge is 0.127 e. The number of hydrogen-bond donors (Lipinski definition) is 0. The Bertz CT molecular complexity index is 645. The number of ether oxygens (including phenoxy) is 1. The molecule has 0 bridgehead atoms. The molecule has 2 aromatic carbocycles. The first-order valence-electron chi connectivity index (χ1n) is 7.95. The molecule has 116 valence electrons. The minimum absolute atomic E-state index is 0.0137. The van der Waals surface area contributed by atoms with E-state index in [2.05, 4.69) is 41.5 Å². The lowest BCUT2D eigenvalue weighted by Crippen LogP contribution is -2.16. The van der Waals surface area contributed by atoms with Gasteiger partial charge < -0.3 is 4.74 Å². The van der Waals surface area contributed by atoms with E-state index in [-0.39, 0.29) is 10.8 Å². The quantitative estimate of drug-likeness (QED) is 0.769. The molecule has 0 atom stereocenters. The monoisotopic (exact) mass is 302 g/mol. The second-order valence-corrected chi connectivity index (χ2v) is 8.18. The van der Waals surface area contributed by atoms with Gasteiger partial charge in [-0.1, -0.05) is 64.6 Å². The highest BCUT2D eigenvalue weighted by molar-refractivity contribution is 6.32. The Balaban J connectivity index is 2.40. The lowest BCUT2D eigenvalue weighted by molar-refractivity contribution is 0.476. The first-order valence-corrected chi connectivity index (χ1v) is 7.95. The van der Waals surface area contributed by atoms with E-state index in [0.29, 0.717) is 10.9 Å². The molecule has 0 saturated heterocycles. The summed E-state index contributed by atoms with van der Waals surface area (Å²) in [6.45, 7) is 12.9. The fraction of sp³-hybridized carbons (Fsp3) is 0.400. The van der Waals surface area contributed by atoms with Crippen LogP contribution in [0.1, 0.15) is 52.7 Å². The predicted molar refractivity (Wildman–Crippen MR) is 101 cm³/mol. The van der Waals surface area contributed by atoms with E-state index in [9.17, 15) is 0 Å². The molecule has 0 spiro atoms. The van der Waals surface area contributed by atoms with Crippen molar-refractivity contribution in [3.05, 3.63) is 47.5 Å².